The molecule has 0 bridgehead atoms. The summed E-state index contributed by atoms with van der Waals surface area (Å²) >= 11 is -2.80. The Morgan fingerprint density at radius 1 is 0.418 bits per heavy atom. The second kappa shape index (κ2) is 15.3. The molecule has 266 valence electrons. The molecular weight excluding hydrogens is 803 g/mol. The molecule has 0 amide bonds. The largest absolute Gasteiger partial charge is 1.00 e. The van der Waals surface area contributed by atoms with Gasteiger partial charge in [-0.1, -0.05) is 0 Å². The molecular formula is C51H40Cl2SiZr. The first kappa shape index (κ1) is 37.6. The van der Waals surface area contributed by atoms with Crippen molar-refractivity contribution in [3.05, 3.63) is 209 Å². The van der Waals surface area contributed by atoms with E-state index in [2.05, 4.69) is 197 Å². The van der Waals surface area contributed by atoms with Gasteiger partial charge in [0, 0.05) is 0 Å². The summed E-state index contributed by atoms with van der Waals surface area (Å²) in [7, 11) is 0. The van der Waals surface area contributed by atoms with Crippen molar-refractivity contribution in [3.8, 4) is 22.3 Å². The molecule has 8 aromatic rings. The molecule has 8 aromatic carbocycles. The van der Waals surface area contributed by atoms with E-state index in [1.807, 2.05) is 0 Å². The van der Waals surface area contributed by atoms with Gasteiger partial charge in [0.05, 0.1) is 0 Å². The normalized spacial score (nSPS) is 13.9. The van der Waals surface area contributed by atoms with E-state index in [4.69, 9.17) is 0 Å². The number of halogens is 2. The van der Waals surface area contributed by atoms with Gasteiger partial charge in [-0.2, -0.15) is 0 Å². The molecule has 10 rings (SSSR count). The van der Waals surface area contributed by atoms with E-state index in [0.717, 1.165) is 0 Å². The maximum Gasteiger partial charge on any atom is -1.00 e. The van der Waals surface area contributed by atoms with Crippen molar-refractivity contribution in [2.45, 2.75) is 28.0 Å². The summed E-state index contributed by atoms with van der Waals surface area (Å²) in [6.07, 6.45) is 2.60. The van der Waals surface area contributed by atoms with Gasteiger partial charge in [-0.05, 0) is 0 Å². The van der Waals surface area contributed by atoms with Crippen LogP contribution in [0.25, 0.3) is 49.9 Å². The molecule has 0 aliphatic heterocycles. The second-order valence-electron chi connectivity index (χ2n) is 15.0. The van der Waals surface area contributed by atoms with Crippen LogP contribution in [0.3, 0.4) is 0 Å². The molecule has 0 spiro atoms. The Bertz CT molecular complexity index is 2730. The maximum atomic E-state index is 2.60. The fourth-order valence-corrected chi connectivity index (χ4v) is 34.3. The summed E-state index contributed by atoms with van der Waals surface area (Å²) in [4.78, 5) is 0. The summed E-state index contributed by atoms with van der Waals surface area (Å²) in [5.41, 5.74) is 14.8. The maximum absolute atomic E-state index is 2.80. The molecule has 2 aliphatic carbocycles. The molecule has 2 aliphatic rings. The summed E-state index contributed by atoms with van der Waals surface area (Å²) in [6.45, 7) is 7.03. The van der Waals surface area contributed by atoms with Crippen molar-refractivity contribution in [1.82, 2.24) is 0 Å². The molecule has 0 aromatic heterocycles. The standard InChI is InChI=1S/C24H17.C15H13.C12H10Si.2ClH.Zr/c1-16-13-17-8-6-12-22(23(17)14-16)24-15-18-7-2-3-9-19(18)20-10-4-5-11-21(20)24;1-10-3-5-14-12(7-10)9-13-8-11(2)4-6-15(13)14;1-3-7-11(8-4-1)13-12-9-5-2-6-10-12;;;/h2-15H,1H3;3-9H,1-2H3;1-10H;2*1H;/q;;;;;+2/p-2. The third kappa shape index (κ3) is 6.33. The third-order valence-corrected chi connectivity index (χ3v) is 32.5. The number of rotatable bonds is 5. The van der Waals surface area contributed by atoms with Crippen LogP contribution in [0.5, 0.6) is 0 Å². The Balaban J connectivity index is 0.00000214. The van der Waals surface area contributed by atoms with Crippen LogP contribution in [-0.4, -0.2) is 5.43 Å². The molecule has 1 unspecified atom stereocenters. The number of allylic oxidation sites excluding steroid dienone is 1. The molecule has 4 heteroatoms. The molecule has 0 saturated carbocycles. The minimum Gasteiger partial charge on any atom is -1.00 e. The van der Waals surface area contributed by atoms with Crippen LogP contribution in [0.4, 0.5) is 0 Å². The smallest absolute Gasteiger partial charge is 1.00 e. The zero-order valence-electron chi connectivity index (χ0n) is 31.2. The van der Waals surface area contributed by atoms with E-state index in [0.29, 0.717) is 7.25 Å². The van der Waals surface area contributed by atoms with Crippen LogP contribution < -0.4 is 35.2 Å². The van der Waals surface area contributed by atoms with E-state index in [1.165, 1.54) is 60.5 Å². The number of hydrogen-bond acceptors (Lipinski definition) is 0. The molecule has 1 atom stereocenters. The minimum absolute atomic E-state index is 0. The van der Waals surface area contributed by atoms with Crippen LogP contribution in [0, 0.1) is 13.8 Å². The molecule has 0 fully saturated rings. The molecule has 0 radical (unpaired) electrons. The van der Waals surface area contributed by atoms with Gasteiger partial charge in [-0.25, -0.2) is 0 Å². The Hall–Kier alpha value is -4.30. The van der Waals surface area contributed by atoms with Crippen molar-refractivity contribution >= 4 is 43.4 Å². The van der Waals surface area contributed by atoms with Gasteiger partial charge in [-0.3, -0.25) is 0 Å². The van der Waals surface area contributed by atoms with Gasteiger partial charge in [0.25, 0.3) is 0 Å². The quantitative estimate of drug-likeness (QED) is 0.149. The van der Waals surface area contributed by atoms with Crippen LogP contribution >= 0.6 is 0 Å². The zero-order chi connectivity index (χ0) is 35.6. The molecule has 0 saturated heterocycles. The van der Waals surface area contributed by atoms with Gasteiger partial charge in [-0.15, -0.1) is 0 Å². The number of benzene rings is 8. The van der Waals surface area contributed by atoms with Gasteiger partial charge in [0.1, 0.15) is 0 Å². The second-order valence-corrected chi connectivity index (χ2v) is 29.1. The van der Waals surface area contributed by atoms with Gasteiger partial charge in [0.2, 0.25) is 0 Å². The van der Waals surface area contributed by atoms with Crippen LogP contribution in [0.2, 0.25) is 0 Å². The van der Waals surface area contributed by atoms with Crippen molar-refractivity contribution in [2.75, 3.05) is 0 Å². The first-order valence-corrected chi connectivity index (χ1v) is 26.9. The average molecular weight is 843 g/mol. The van der Waals surface area contributed by atoms with Crippen molar-refractivity contribution < 1.29 is 45.2 Å². The summed E-state index contributed by atoms with van der Waals surface area (Å²) < 4.78 is 0.888. The van der Waals surface area contributed by atoms with E-state index in [1.54, 1.807) is 32.6 Å². The third-order valence-electron chi connectivity index (χ3n) is 11.7. The van der Waals surface area contributed by atoms with E-state index in [-0.39, 0.29) is 24.8 Å². The fraction of sp³-hybridized carbons (Fsp3) is 0.0980. The Morgan fingerprint density at radius 2 is 0.964 bits per heavy atom. The average Bonchev–Trinajstić information content (AvgIpc) is 3.70. The number of aryl methyl sites for hydroxylation is 2. The predicted octanol–water partition coefficient (Wildman–Crippen LogP) is 5.94. The first-order chi connectivity index (χ1) is 26.0. The summed E-state index contributed by atoms with van der Waals surface area (Å²) in [5.74, 6) is 0. The van der Waals surface area contributed by atoms with Crippen LogP contribution in [0.15, 0.2) is 175 Å². The van der Waals surface area contributed by atoms with E-state index in [9.17, 15) is 0 Å². The Labute approximate surface area is 345 Å². The van der Waals surface area contributed by atoms with Gasteiger partial charge < -0.3 is 24.8 Å². The first-order valence-electron chi connectivity index (χ1n) is 18.8. The summed E-state index contributed by atoms with van der Waals surface area (Å²) in [6, 6.07) is 65.5. The monoisotopic (exact) mass is 840 g/mol. The van der Waals surface area contributed by atoms with Crippen molar-refractivity contribution in [2.24, 2.45) is 0 Å². The van der Waals surface area contributed by atoms with Gasteiger partial charge in [0.15, 0.2) is 0 Å². The predicted molar refractivity (Wildman–Crippen MR) is 224 cm³/mol. The fourth-order valence-electron chi connectivity index (χ4n) is 9.48. The van der Waals surface area contributed by atoms with E-state index < -0.39 is 25.8 Å². The Kier molecular flexibility index (Phi) is 10.5. The van der Waals surface area contributed by atoms with E-state index >= 15 is 0 Å². The topological polar surface area (TPSA) is 0 Å². The van der Waals surface area contributed by atoms with Crippen molar-refractivity contribution in [1.29, 1.82) is 0 Å². The zero-order valence-corrected chi connectivity index (χ0v) is 36.1. The molecule has 0 N–H and O–H groups in total. The van der Waals surface area contributed by atoms with Crippen LogP contribution in [-0.2, 0) is 20.4 Å². The number of fused-ring (bicyclic) bond motifs is 7. The molecule has 0 heterocycles. The SMILES string of the molecule is CC1=Cc2c(-c3cc4ccccc4c4ccccc34)cccc2[CH]1[Zr+2]([CH]1c2cc(C)ccc2-c2ccc(C)cc21)=[Si](c1ccccc1)c1ccccc1.[Cl-].[Cl-]. The summed E-state index contributed by atoms with van der Waals surface area (Å²) in [5, 5.41) is 8.40. The Morgan fingerprint density at radius 3 is 1.58 bits per heavy atom. The van der Waals surface area contributed by atoms with Crippen molar-refractivity contribution in [3.63, 3.8) is 0 Å². The molecule has 0 nitrogen and oxygen atoms in total. The van der Waals surface area contributed by atoms with Crippen LogP contribution in [0.1, 0.15) is 47.6 Å². The molecule has 55 heavy (non-hydrogen) atoms. The number of hydrogen-bond donors (Lipinski definition) is 0. The minimum atomic E-state index is -2.80. The van der Waals surface area contributed by atoms with Gasteiger partial charge >= 0.3 is 323 Å².